The van der Waals surface area contributed by atoms with Crippen molar-refractivity contribution in [3.8, 4) is 11.5 Å². The zero-order chi connectivity index (χ0) is 13.7. The summed E-state index contributed by atoms with van der Waals surface area (Å²) >= 11 is 0. The number of carbonyl (C=O) groups is 1. The predicted molar refractivity (Wildman–Crippen MR) is 73.5 cm³/mol. The third-order valence-electron chi connectivity index (χ3n) is 3.44. The molecular weight excluding hydrogens is 242 g/mol. The summed E-state index contributed by atoms with van der Waals surface area (Å²) in [7, 11) is 1.59. The third kappa shape index (κ3) is 3.63. The maximum Gasteiger partial charge on any atom is 0.260 e. The molecule has 1 saturated carbocycles. The number of para-hydroxylation sites is 2. The van der Waals surface area contributed by atoms with E-state index >= 15 is 0 Å². The van der Waals surface area contributed by atoms with E-state index in [4.69, 9.17) is 9.47 Å². The number of hydrogen-bond acceptors (Lipinski definition) is 3. The maximum atomic E-state index is 12.0. The van der Waals surface area contributed by atoms with E-state index in [1.165, 1.54) is 12.8 Å². The van der Waals surface area contributed by atoms with Gasteiger partial charge in [-0.15, -0.1) is 0 Å². The van der Waals surface area contributed by atoms with Crippen molar-refractivity contribution in [1.82, 2.24) is 5.32 Å². The van der Waals surface area contributed by atoms with Crippen molar-refractivity contribution in [2.24, 2.45) is 0 Å². The van der Waals surface area contributed by atoms with Gasteiger partial charge in [-0.25, -0.2) is 0 Å². The standard InChI is InChI=1S/C15H21NO3/c1-11(15(17)16-12-7-3-4-8-12)19-14-10-6-5-9-13(14)18-2/h5-6,9-12H,3-4,7-8H2,1-2H3,(H,16,17). The van der Waals surface area contributed by atoms with Gasteiger partial charge in [-0.05, 0) is 31.9 Å². The fraction of sp³-hybridized carbons (Fsp3) is 0.533. The lowest BCUT2D eigenvalue weighted by Gasteiger charge is -2.19. The van der Waals surface area contributed by atoms with Crippen LogP contribution in [0.15, 0.2) is 24.3 Å². The van der Waals surface area contributed by atoms with Crippen LogP contribution >= 0.6 is 0 Å². The highest BCUT2D eigenvalue weighted by atomic mass is 16.5. The molecule has 0 radical (unpaired) electrons. The number of carbonyl (C=O) groups excluding carboxylic acids is 1. The molecule has 1 aliphatic carbocycles. The van der Waals surface area contributed by atoms with Crippen molar-refractivity contribution in [2.45, 2.75) is 44.8 Å². The Bertz CT molecular complexity index is 427. The average molecular weight is 263 g/mol. The van der Waals surface area contributed by atoms with Crippen LogP contribution < -0.4 is 14.8 Å². The summed E-state index contributed by atoms with van der Waals surface area (Å²) in [5.74, 6) is 1.18. The average Bonchev–Trinajstić information content (AvgIpc) is 2.92. The molecule has 0 bridgehead atoms. The topological polar surface area (TPSA) is 47.6 Å². The van der Waals surface area contributed by atoms with E-state index < -0.39 is 6.10 Å². The summed E-state index contributed by atoms with van der Waals surface area (Å²) in [4.78, 5) is 12.0. The second kappa shape index (κ2) is 6.45. The SMILES string of the molecule is COc1ccccc1OC(C)C(=O)NC1CCCC1. The molecule has 1 aromatic carbocycles. The van der Waals surface area contributed by atoms with Gasteiger partial charge in [-0.2, -0.15) is 0 Å². The molecule has 1 fully saturated rings. The van der Waals surface area contributed by atoms with Gasteiger partial charge in [-0.3, -0.25) is 4.79 Å². The normalized spacial score (nSPS) is 16.9. The lowest BCUT2D eigenvalue weighted by molar-refractivity contribution is -0.128. The Hall–Kier alpha value is -1.71. The lowest BCUT2D eigenvalue weighted by Crippen LogP contribution is -2.41. The van der Waals surface area contributed by atoms with Crippen LogP contribution in [-0.4, -0.2) is 25.2 Å². The van der Waals surface area contributed by atoms with Crippen molar-refractivity contribution < 1.29 is 14.3 Å². The summed E-state index contributed by atoms with van der Waals surface area (Å²) in [5.41, 5.74) is 0. The number of methoxy groups -OCH3 is 1. The van der Waals surface area contributed by atoms with Crippen molar-refractivity contribution >= 4 is 5.91 Å². The van der Waals surface area contributed by atoms with Crippen molar-refractivity contribution in [2.75, 3.05) is 7.11 Å². The number of rotatable bonds is 5. The lowest BCUT2D eigenvalue weighted by atomic mass is 10.2. The molecule has 104 valence electrons. The highest BCUT2D eigenvalue weighted by Crippen LogP contribution is 2.27. The fourth-order valence-corrected chi connectivity index (χ4v) is 2.35. The van der Waals surface area contributed by atoms with E-state index in [9.17, 15) is 4.79 Å². The molecule has 0 heterocycles. The number of nitrogens with one attached hydrogen (secondary N) is 1. The fourth-order valence-electron chi connectivity index (χ4n) is 2.35. The smallest absolute Gasteiger partial charge is 0.260 e. The molecule has 1 aliphatic rings. The number of hydrogen-bond donors (Lipinski definition) is 1. The molecule has 0 aliphatic heterocycles. The van der Waals surface area contributed by atoms with Crippen LogP contribution in [0, 0.1) is 0 Å². The van der Waals surface area contributed by atoms with Gasteiger partial charge in [0.2, 0.25) is 0 Å². The molecule has 4 nitrogen and oxygen atoms in total. The van der Waals surface area contributed by atoms with Gasteiger partial charge in [0.15, 0.2) is 17.6 Å². The maximum absolute atomic E-state index is 12.0. The van der Waals surface area contributed by atoms with Gasteiger partial charge in [0, 0.05) is 6.04 Å². The van der Waals surface area contributed by atoms with Crippen LogP contribution in [0.1, 0.15) is 32.6 Å². The summed E-state index contributed by atoms with van der Waals surface area (Å²) in [6, 6.07) is 7.67. The van der Waals surface area contributed by atoms with Gasteiger partial charge >= 0.3 is 0 Å². The first kappa shape index (κ1) is 13.7. The van der Waals surface area contributed by atoms with Crippen LogP contribution in [0.5, 0.6) is 11.5 Å². The minimum absolute atomic E-state index is 0.0576. The number of amides is 1. The molecular formula is C15H21NO3. The summed E-state index contributed by atoms with van der Waals surface area (Å²) in [5, 5.41) is 3.03. The van der Waals surface area contributed by atoms with E-state index in [0.29, 0.717) is 17.5 Å². The van der Waals surface area contributed by atoms with Crippen LogP contribution in [0.3, 0.4) is 0 Å². The van der Waals surface area contributed by atoms with Gasteiger partial charge in [0.1, 0.15) is 0 Å². The van der Waals surface area contributed by atoms with Crippen molar-refractivity contribution in [1.29, 1.82) is 0 Å². The first-order valence-corrected chi connectivity index (χ1v) is 6.80. The highest BCUT2D eigenvalue weighted by molar-refractivity contribution is 5.81. The molecule has 19 heavy (non-hydrogen) atoms. The monoisotopic (exact) mass is 263 g/mol. The Balaban J connectivity index is 1.92. The predicted octanol–water partition coefficient (Wildman–Crippen LogP) is 2.52. The minimum atomic E-state index is -0.517. The highest BCUT2D eigenvalue weighted by Gasteiger charge is 2.22. The van der Waals surface area contributed by atoms with E-state index in [2.05, 4.69) is 5.32 Å². The molecule has 0 aromatic heterocycles. The molecule has 1 amide bonds. The Morgan fingerprint density at radius 2 is 1.89 bits per heavy atom. The zero-order valence-corrected chi connectivity index (χ0v) is 11.5. The first-order chi connectivity index (χ1) is 9.20. The van der Waals surface area contributed by atoms with Gasteiger partial charge < -0.3 is 14.8 Å². The van der Waals surface area contributed by atoms with E-state index in [0.717, 1.165) is 12.8 Å². The molecule has 1 aromatic rings. The Morgan fingerprint density at radius 3 is 2.53 bits per heavy atom. The van der Waals surface area contributed by atoms with Crippen LogP contribution in [0.2, 0.25) is 0 Å². The van der Waals surface area contributed by atoms with E-state index in [-0.39, 0.29) is 5.91 Å². The quantitative estimate of drug-likeness (QED) is 0.888. The molecule has 1 atom stereocenters. The molecule has 0 saturated heterocycles. The van der Waals surface area contributed by atoms with Gasteiger partial charge in [-0.1, -0.05) is 25.0 Å². The van der Waals surface area contributed by atoms with E-state index in [1.54, 1.807) is 20.1 Å². The molecule has 2 rings (SSSR count). The first-order valence-electron chi connectivity index (χ1n) is 6.80. The summed E-state index contributed by atoms with van der Waals surface area (Å²) < 4.78 is 10.9. The van der Waals surface area contributed by atoms with Crippen LogP contribution in [-0.2, 0) is 4.79 Å². The largest absolute Gasteiger partial charge is 0.493 e. The van der Waals surface area contributed by atoms with Crippen LogP contribution in [0.4, 0.5) is 0 Å². The Morgan fingerprint density at radius 1 is 1.26 bits per heavy atom. The second-order valence-electron chi connectivity index (χ2n) is 4.90. The number of benzene rings is 1. The Labute approximate surface area is 114 Å². The van der Waals surface area contributed by atoms with Crippen LogP contribution in [0.25, 0.3) is 0 Å². The molecule has 1 N–H and O–H groups in total. The van der Waals surface area contributed by atoms with Gasteiger partial charge in [0.05, 0.1) is 7.11 Å². The van der Waals surface area contributed by atoms with Gasteiger partial charge in [0.25, 0.3) is 5.91 Å². The van der Waals surface area contributed by atoms with E-state index in [1.807, 2.05) is 18.2 Å². The third-order valence-corrected chi connectivity index (χ3v) is 3.44. The number of ether oxygens (including phenoxy) is 2. The second-order valence-corrected chi connectivity index (χ2v) is 4.90. The Kier molecular flexibility index (Phi) is 4.66. The molecule has 4 heteroatoms. The van der Waals surface area contributed by atoms with Crippen molar-refractivity contribution in [3.63, 3.8) is 0 Å². The molecule has 0 spiro atoms. The van der Waals surface area contributed by atoms with Crippen molar-refractivity contribution in [3.05, 3.63) is 24.3 Å². The minimum Gasteiger partial charge on any atom is -0.493 e. The summed E-state index contributed by atoms with van der Waals surface area (Å²) in [6.45, 7) is 1.76. The molecule has 1 unspecified atom stereocenters. The summed E-state index contributed by atoms with van der Waals surface area (Å²) in [6.07, 6.45) is 4.04. The zero-order valence-electron chi connectivity index (χ0n) is 11.5.